The van der Waals surface area contributed by atoms with Crippen molar-refractivity contribution in [3.63, 3.8) is 0 Å². The van der Waals surface area contributed by atoms with Gasteiger partial charge in [-0.15, -0.1) is 0 Å². The van der Waals surface area contributed by atoms with Gasteiger partial charge in [0.25, 0.3) is 0 Å². The summed E-state index contributed by atoms with van der Waals surface area (Å²) in [6, 6.07) is 4.49. The smallest absolute Gasteiger partial charge is 0.131 e. The topological polar surface area (TPSA) is 42.1 Å². The molecule has 3 heteroatoms. The Balaban J connectivity index is 1.77. The van der Waals surface area contributed by atoms with Crippen molar-refractivity contribution in [2.75, 3.05) is 18.0 Å². The normalized spacial score (nSPS) is 27.6. The van der Waals surface area contributed by atoms with E-state index >= 15 is 0 Å². The van der Waals surface area contributed by atoms with Crippen molar-refractivity contribution in [1.29, 1.82) is 0 Å². The highest BCUT2D eigenvalue weighted by Crippen LogP contribution is 2.39. The van der Waals surface area contributed by atoms with E-state index < -0.39 is 0 Å². The fraction of sp³-hybridized carbons (Fsp3) is 0.688. The molecule has 0 amide bonds. The van der Waals surface area contributed by atoms with Gasteiger partial charge in [0.1, 0.15) is 5.82 Å². The summed E-state index contributed by atoms with van der Waals surface area (Å²) in [5, 5.41) is 0. The molecular formula is C16H25N3. The SMILES string of the molecule is CCC(N)Cc1cccnc1N1CC2CCCC2C1. The fourth-order valence-electron chi connectivity index (χ4n) is 3.71. The van der Waals surface area contributed by atoms with Crippen LogP contribution in [0.4, 0.5) is 5.82 Å². The van der Waals surface area contributed by atoms with E-state index in [9.17, 15) is 0 Å². The number of nitrogens with two attached hydrogens (primary N) is 1. The summed E-state index contributed by atoms with van der Waals surface area (Å²) in [6.45, 7) is 4.56. The Morgan fingerprint density at radius 3 is 2.79 bits per heavy atom. The lowest BCUT2D eigenvalue weighted by molar-refractivity contribution is 0.494. The predicted molar refractivity (Wildman–Crippen MR) is 79.3 cm³/mol. The largest absolute Gasteiger partial charge is 0.356 e. The predicted octanol–water partition coefficient (Wildman–Crippen LogP) is 2.60. The van der Waals surface area contributed by atoms with E-state index in [1.165, 1.54) is 43.7 Å². The monoisotopic (exact) mass is 259 g/mol. The Bertz CT molecular complexity index is 420. The van der Waals surface area contributed by atoms with Gasteiger partial charge in [-0.2, -0.15) is 0 Å². The summed E-state index contributed by atoms with van der Waals surface area (Å²) in [4.78, 5) is 7.15. The average molecular weight is 259 g/mol. The van der Waals surface area contributed by atoms with Crippen molar-refractivity contribution in [2.45, 2.75) is 45.1 Å². The van der Waals surface area contributed by atoms with Gasteiger partial charge >= 0.3 is 0 Å². The summed E-state index contributed by atoms with van der Waals surface area (Å²) < 4.78 is 0. The minimum absolute atomic E-state index is 0.255. The van der Waals surface area contributed by atoms with Gasteiger partial charge in [-0.1, -0.05) is 19.4 Å². The van der Waals surface area contributed by atoms with Crippen molar-refractivity contribution in [1.82, 2.24) is 4.98 Å². The molecule has 3 nitrogen and oxygen atoms in total. The molecule has 2 N–H and O–H groups in total. The molecular weight excluding hydrogens is 234 g/mol. The van der Waals surface area contributed by atoms with Crippen molar-refractivity contribution in [2.24, 2.45) is 17.6 Å². The van der Waals surface area contributed by atoms with Gasteiger partial charge in [-0.3, -0.25) is 0 Å². The molecule has 1 aliphatic carbocycles. The molecule has 2 heterocycles. The van der Waals surface area contributed by atoms with Gasteiger partial charge in [-0.25, -0.2) is 4.98 Å². The highest BCUT2D eigenvalue weighted by atomic mass is 15.2. The van der Waals surface area contributed by atoms with Crippen LogP contribution < -0.4 is 10.6 Å². The van der Waals surface area contributed by atoms with E-state index in [2.05, 4.69) is 22.9 Å². The van der Waals surface area contributed by atoms with Crippen LogP contribution in [-0.2, 0) is 6.42 Å². The Morgan fingerprint density at radius 1 is 1.37 bits per heavy atom. The third-order valence-corrected chi connectivity index (χ3v) is 4.90. The van der Waals surface area contributed by atoms with Gasteiger partial charge in [0.05, 0.1) is 0 Å². The maximum Gasteiger partial charge on any atom is 0.131 e. The number of hydrogen-bond acceptors (Lipinski definition) is 3. The van der Waals surface area contributed by atoms with Gasteiger partial charge in [-0.05, 0) is 49.1 Å². The zero-order valence-electron chi connectivity index (χ0n) is 11.9. The van der Waals surface area contributed by atoms with Crippen molar-refractivity contribution >= 4 is 5.82 Å². The van der Waals surface area contributed by atoms with E-state index in [4.69, 9.17) is 5.73 Å². The first-order valence-corrected chi connectivity index (χ1v) is 7.72. The standard InChI is InChI=1S/C16H25N3/c1-2-15(17)9-12-7-4-8-18-16(12)19-10-13-5-3-6-14(13)11-19/h4,7-8,13-15H,2-3,5-6,9-11,17H2,1H3. The third kappa shape index (κ3) is 2.62. The molecule has 2 aliphatic rings. The van der Waals surface area contributed by atoms with E-state index in [0.717, 1.165) is 24.7 Å². The maximum absolute atomic E-state index is 6.12. The Morgan fingerprint density at radius 2 is 2.11 bits per heavy atom. The number of fused-ring (bicyclic) bond motifs is 1. The van der Waals surface area contributed by atoms with E-state index in [1.54, 1.807) is 0 Å². The molecule has 0 spiro atoms. The van der Waals surface area contributed by atoms with Crippen LogP contribution in [0.5, 0.6) is 0 Å². The maximum atomic E-state index is 6.12. The van der Waals surface area contributed by atoms with Crippen LogP contribution in [0, 0.1) is 11.8 Å². The average Bonchev–Trinajstić information content (AvgIpc) is 3.00. The lowest BCUT2D eigenvalue weighted by Gasteiger charge is -2.22. The molecule has 2 fully saturated rings. The lowest BCUT2D eigenvalue weighted by atomic mass is 10.0. The summed E-state index contributed by atoms with van der Waals surface area (Å²) >= 11 is 0. The number of aromatic nitrogens is 1. The van der Waals surface area contributed by atoms with Crippen LogP contribution >= 0.6 is 0 Å². The second-order valence-corrected chi connectivity index (χ2v) is 6.21. The lowest BCUT2D eigenvalue weighted by Crippen LogP contribution is -2.26. The first-order chi connectivity index (χ1) is 9.28. The summed E-state index contributed by atoms with van der Waals surface area (Å²) in [5.41, 5.74) is 7.45. The van der Waals surface area contributed by atoms with Crippen LogP contribution in [0.25, 0.3) is 0 Å². The molecule has 3 unspecified atom stereocenters. The molecule has 3 atom stereocenters. The van der Waals surface area contributed by atoms with Crippen LogP contribution in [0.2, 0.25) is 0 Å². The highest BCUT2D eigenvalue weighted by molar-refractivity contribution is 5.48. The number of nitrogens with zero attached hydrogens (tertiary/aromatic N) is 2. The van der Waals surface area contributed by atoms with Crippen molar-refractivity contribution in [3.05, 3.63) is 23.9 Å². The second-order valence-electron chi connectivity index (χ2n) is 6.21. The fourth-order valence-corrected chi connectivity index (χ4v) is 3.71. The van der Waals surface area contributed by atoms with Crippen molar-refractivity contribution < 1.29 is 0 Å². The Labute approximate surface area is 116 Å². The summed E-state index contributed by atoms with van der Waals surface area (Å²) in [7, 11) is 0. The summed E-state index contributed by atoms with van der Waals surface area (Å²) in [6.07, 6.45) is 8.16. The number of anilines is 1. The molecule has 0 aromatic carbocycles. The van der Waals surface area contributed by atoms with Gasteiger partial charge in [0.15, 0.2) is 0 Å². The van der Waals surface area contributed by atoms with Crippen LogP contribution in [0.3, 0.4) is 0 Å². The van der Waals surface area contributed by atoms with E-state index in [0.29, 0.717) is 0 Å². The highest BCUT2D eigenvalue weighted by Gasteiger charge is 2.37. The Hall–Kier alpha value is -1.09. The molecule has 104 valence electrons. The van der Waals surface area contributed by atoms with Gasteiger partial charge in [0.2, 0.25) is 0 Å². The zero-order valence-corrected chi connectivity index (χ0v) is 11.9. The minimum atomic E-state index is 0.255. The van der Waals surface area contributed by atoms with Crippen LogP contribution in [-0.4, -0.2) is 24.1 Å². The molecule has 1 aromatic heterocycles. The minimum Gasteiger partial charge on any atom is -0.356 e. The molecule has 1 saturated carbocycles. The molecule has 1 aliphatic heterocycles. The quantitative estimate of drug-likeness (QED) is 0.903. The van der Waals surface area contributed by atoms with Gasteiger partial charge in [0, 0.05) is 25.3 Å². The Kier molecular flexibility index (Phi) is 3.74. The molecule has 1 saturated heterocycles. The van der Waals surface area contributed by atoms with E-state index in [1.807, 2.05) is 12.3 Å². The van der Waals surface area contributed by atoms with Gasteiger partial charge < -0.3 is 10.6 Å². The molecule has 19 heavy (non-hydrogen) atoms. The number of hydrogen-bond donors (Lipinski definition) is 1. The molecule has 3 rings (SSSR count). The first kappa shape index (κ1) is 12.9. The zero-order chi connectivity index (χ0) is 13.2. The van der Waals surface area contributed by atoms with E-state index in [-0.39, 0.29) is 6.04 Å². The molecule has 0 radical (unpaired) electrons. The summed E-state index contributed by atoms with van der Waals surface area (Å²) in [5.74, 6) is 3.02. The first-order valence-electron chi connectivity index (χ1n) is 7.72. The third-order valence-electron chi connectivity index (χ3n) is 4.90. The number of rotatable bonds is 4. The molecule has 1 aromatic rings. The molecule has 0 bridgehead atoms. The van der Waals surface area contributed by atoms with Crippen LogP contribution in [0.1, 0.15) is 38.2 Å². The van der Waals surface area contributed by atoms with Crippen LogP contribution in [0.15, 0.2) is 18.3 Å². The second kappa shape index (κ2) is 5.49. The number of pyridine rings is 1. The van der Waals surface area contributed by atoms with Crippen molar-refractivity contribution in [3.8, 4) is 0 Å².